The van der Waals surface area contributed by atoms with E-state index in [1.54, 1.807) is 11.9 Å². The summed E-state index contributed by atoms with van der Waals surface area (Å²) in [6, 6.07) is -0.205. The van der Waals surface area contributed by atoms with Crippen molar-refractivity contribution in [3.8, 4) is 0 Å². The van der Waals surface area contributed by atoms with Gasteiger partial charge in [0, 0.05) is 14.2 Å². The summed E-state index contributed by atoms with van der Waals surface area (Å²) < 4.78 is 5.33. The van der Waals surface area contributed by atoms with Crippen molar-refractivity contribution in [2.75, 3.05) is 20.7 Å². The fourth-order valence-electron chi connectivity index (χ4n) is 2.09. The van der Waals surface area contributed by atoms with Gasteiger partial charge in [-0.15, -0.1) is 0 Å². The number of hydrogen-bond donors (Lipinski definition) is 2. The zero-order valence-corrected chi connectivity index (χ0v) is 14.4. The quantitative estimate of drug-likeness (QED) is 0.702. The Morgan fingerprint density at radius 3 is 2.00 bits per heavy atom. The second kappa shape index (κ2) is 12.6. The molecule has 0 aromatic rings. The average molecular weight is 303 g/mol. The van der Waals surface area contributed by atoms with Crippen molar-refractivity contribution in [3.05, 3.63) is 0 Å². The summed E-state index contributed by atoms with van der Waals surface area (Å²) in [5.74, 6) is -0.426. The lowest BCUT2D eigenvalue weighted by atomic mass is 9.91. The number of nitrogens with zero attached hydrogens (tertiary/aromatic N) is 1. The van der Waals surface area contributed by atoms with E-state index in [1.165, 1.54) is 13.5 Å². The molecule has 4 N–H and O–H groups in total. The van der Waals surface area contributed by atoms with Crippen molar-refractivity contribution in [1.29, 1.82) is 0 Å². The highest BCUT2D eigenvalue weighted by Crippen LogP contribution is 2.21. The van der Waals surface area contributed by atoms with Crippen LogP contribution in [0, 0.1) is 5.92 Å². The topological polar surface area (TPSA) is 98.7 Å². The third kappa shape index (κ3) is 8.67. The van der Waals surface area contributed by atoms with Crippen molar-refractivity contribution < 1.29 is 14.3 Å². The molecule has 0 heterocycles. The van der Waals surface area contributed by atoms with Gasteiger partial charge in [0.1, 0.15) is 0 Å². The van der Waals surface area contributed by atoms with Crippen LogP contribution in [0.1, 0.15) is 47.0 Å². The number of primary amides is 1. The van der Waals surface area contributed by atoms with Crippen molar-refractivity contribution >= 4 is 11.8 Å². The second-order valence-corrected chi connectivity index (χ2v) is 5.24. The number of likely N-dealkylation sites (N-methyl/N-ethyl adjacent to an activating group) is 1. The molecular formula is C15H33N3O3. The molecule has 3 unspecified atom stereocenters. The van der Waals surface area contributed by atoms with Gasteiger partial charge in [0.15, 0.2) is 0 Å². The lowest BCUT2D eigenvalue weighted by Gasteiger charge is -2.37. The van der Waals surface area contributed by atoms with Gasteiger partial charge in [-0.3, -0.25) is 9.59 Å². The first-order valence-electron chi connectivity index (χ1n) is 7.57. The minimum Gasteiger partial charge on any atom is -0.379 e. The predicted octanol–water partition coefficient (Wildman–Crippen LogP) is 1.12. The molecule has 0 aromatic heterocycles. The number of nitrogens with two attached hydrogens (primary N) is 2. The highest BCUT2D eigenvalue weighted by Gasteiger charge is 2.32. The Kier molecular flexibility index (Phi) is 13.3. The van der Waals surface area contributed by atoms with E-state index in [-0.39, 0.29) is 30.8 Å². The molecule has 21 heavy (non-hydrogen) atoms. The Balaban J connectivity index is 0. The molecule has 0 aliphatic carbocycles. The molecule has 0 rings (SSSR count). The molecule has 6 heteroatoms. The lowest BCUT2D eigenvalue weighted by molar-refractivity contribution is -0.137. The Morgan fingerprint density at radius 1 is 1.24 bits per heavy atom. The molecule has 0 aliphatic heterocycles. The Bertz CT molecular complexity index is 298. The van der Waals surface area contributed by atoms with Crippen LogP contribution < -0.4 is 11.5 Å². The van der Waals surface area contributed by atoms with Gasteiger partial charge < -0.3 is 21.1 Å². The maximum atomic E-state index is 11.7. The molecule has 0 aliphatic rings. The number of carbonyl (C=O) groups is 2. The number of ether oxygens (including phenoxy) is 1. The first-order valence-corrected chi connectivity index (χ1v) is 7.57. The maximum Gasteiger partial charge on any atom is 0.236 e. The maximum absolute atomic E-state index is 11.7. The third-order valence-corrected chi connectivity index (χ3v) is 3.33. The monoisotopic (exact) mass is 303 g/mol. The van der Waals surface area contributed by atoms with E-state index in [0.29, 0.717) is 0 Å². The van der Waals surface area contributed by atoms with Crippen molar-refractivity contribution in [2.45, 2.75) is 59.1 Å². The van der Waals surface area contributed by atoms with E-state index in [0.717, 1.165) is 6.42 Å². The molecule has 2 amide bonds. The minimum absolute atomic E-state index is 0.0591. The van der Waals surface area contributed by atoms with Gasteiger partial charge in [0.05, 0.1) is 25.1 Å². The Hall–Kier alpha value is -1.14. The van der Waals surface area contributed by atoms with Crippen LogP contribution in [0.25, 0.3) is 0 Å². The SMILES string of the molecule is CCC.CCC(C)C(C(CC(N)=O)OC)N(C)C(=O)CN. The number of amides is 2. The van der Waals surface area contributed by atoms with Crippen LogP contribution in [0.2, 0.25) is 0 Å². The number of methoxy groups -OCH3 is 1. The van der Waals surface area contributed by atoms with Gasteiger partial charge in [-0.05, 0) is 5.92 Å². The summed E-state index contributed by atoms with van der Waals surface area (Å²) >= 11 is 0. The summed E-state index contributed by atoms with van der Waals surface area (Å²) in [7, 11) is 3.20. The molecule has 6 nitrogen and oxygen atoms in total. The molecule has 0 aromatic carbocycles. The van der Waals surface area contributed by atoms with Crippen LogP contribution in [0.5, 0.6) is 0 Å². The van der Waals surface area contributed by atoms with Gasteiger partial charge in [-0.25, -0.2) is 0 Å². The number of rotatable bonds is 8. The molecule has 0 fully saturated rings. The molecule has 0 spiro atoms. The first-order chi connectivity index (χ1) is 9.80. The van der Waals surface area contributed by atoms with E-state index in [4.69, 9.17) is 16.2 Å². The van der Waals surface area contributed by atoms with Crippen molar-refractivity contribution in [2.24, 2.45) is 17.4 Å². The van der Waals surface area contributed by atoms with Crippen LogP contribution in [-0.2, 0) is 14.3 Å². The minimum atomic E-state index is -0.441. The average Bonchev–Trinajstić information content (AvgIpc) is 2.45. The fraction of sp³-hybridized carbons (Fsp3) is 0.867. The highest BCUT2D eigenvalue weighted by molar-refractivity contribution is 5.78. The molecule has 0 bridgehead atoms. The highest BCUT2D eigenvalue weighted by atomic mass is 16.5. The summed E-state index contributed by atoms with van der Waals surface area (Å²) in [5, 5.41) is 0. The fourth-order valence-corrected chi connectivity index (χ4v) is 2.09. The predicted molar refractivity (Wildman–Crippen MR) is 85.6 cm³/mol. The van der Waals surface area contributed by atoms with Gasteiger partial charge in [-0.1, -0.05) is 40.5 Å². The second-order valence-electron chi connectivity index (χ2n) is 5.24. The van der Waals surface area contributed by atoms with E-state index in [9.17, 15) is 9.59 Å². The Labute approximate surface area is 129 Å². The standard InChI is InChI=1S/C12H25N3O3.C3H8/c1-5-8(2)12(15(3)11(17)7-13)9(18-4)6-10(14)16;1-3-2/h8-9,12H,5-7,13H2,1-4H3,(H2,14,16);3H2,1-2H3. The molecule has 3 atom stereocenters. The molecular weight excluding hydrogens is 270 g/mol. The van der Waals surface area contributed by atoms with Crippen LogP contribution in [0.15, 0.2) is 0 Å². The Morgan fingerprint density at radius 2 is 1.71 bits per heavy atom. The molecule has 0 saturated carbocycles. The zero-order chi connectivity index (χ0) is 17.0. The lowest BCUT2D eigenvalue weighted by Crippen LogP contribution is -2.51. The summed E-state index contributed by atoms with van der Waals surface area (Å²) in [6.45, 7) is 8.23. The van der Waals surface area contributed by atoms with Crippen LogP contribution in [-0.4, -0.2) is 49.6 Å². The third-order valence-electron chi connectivity index (χ3n) is 3.33. The van der Waals surface area contributed by atoms with Gasteiger partial charge in [0.2, 0.25) is 11.8 Å². The van der Waals surface area contributed by atoms with Gasteiger partial charge in [0.25, 0.3) is 0 Å². The van der Waals surface area contributed by atoms with E-state index < -0.39 is 12.0 Å². The van der Waals surface area contributed by atoms with Gasteiger partial charge in [-0.2, -0.15) is 0 Å². The van der Waals surface area contributed by atoms with Crippen LogP contribution in [0.3, 0.4) is 0 Å². The summed E-state index contributed by atoms with van der Waals surface area (Å²) in [6.07, 6.45) is 1.80. The van der Waals surface area contributed by atoms with E-state index in [1.807, 2.05) is 13.8 Å². The van der Waals surface area contributed by atoms with Crippen molar-refractivity contribution in [3.63, 3.8) is 0 Å². The first kappa shape index (κ1) is 22.1. The van der Waals surface area contributed by atoms with Gasteiger partial charge >= 0.3 is 0 Å². The zero-order valence-electron chi connectivity index (χ0n) is 14.4. The van der Waals surface area contributed by atoms with Crippen molar-refractivity contribution in [1.82, 2.24) is 4.90 Å². The van der Waals surface area contributed by atoms with E-state index >= 15 is 0 Å². The molecule has 126 valence electrons. The number of carbonyl (C=O) groups excluding carboxylic acids is 2. The summed E-state index contributed by atoms with van der Waals surface area (Å²) in [4.78, 5) is 24.3. The summed E-state index contributed by atoms with van der Waals surface area (Å²) in [5.41, 5.74) is 10.6. The smallest absolute Gasteiger partial charge is 0.236 e. The molecule has 0 saturated heterocycles. The largest absolute Gasteiger partial charge is 0.379 e. The van der Waals surface area contributed by atoms with E-state index in [2.05, 4.69) is 13.8 Å². The normalized spacial score (nSPS) is 14.4. The van der Waals surface area contributed by atoms with Crippen LogP contribution in [0.4, 0.5) is 0 Å². The number of hydrogen-bond acceptors (Lipinski definition) is 4. The molecule has 0 radical (unpaired) electrons. The van der Waals surface area contributed by atoms with Crippen LogP contribution >= 0.6 is 0 Å².